The molecule has 3 N–H and O–H groups in total. The molecule has 1 atom stereocenters. The molecule has 1 aromatic heterocycles. The van der Waals surface area contributed by atoms with E-state index in [4.69, 9.17) is 9.84 Å². The third-order valence-electron chi connectivity index (χ3n) is 2.55. The number of carbonyl (C=O) groups excluding carboxylic acids is 1. The number of pyridine rings is 1. The second kappa shape index (κ2) is 8.11. The van der Waals surface area contributed by atoms with Gasteiger partial charge in [-0.1, -0.05) is 0 Å². The lowest BCUT2D eigenvalue weighted by atomic mass is 10.2. The summed E-state index contributed by atoms with van der Waals surface area (Å²) in [6.07, 6.45) is 2.01. The third kappa shape index (κ3) is 6.14. The lowest BCUT2D eigenvalue weighted by Crippen LogP contribution is -2.36. The maximum atomic E-state index is 11.7. The molecule has 2 amide bonds. The van der Waals surface area contributed by atoms with E-state index in [-0.39, 0.29) is 18.5 Å². The highest BCUT2D eigenvalue weighted by Crippen LogP contribution is 2.06. The Morgan fingerprint density at radius 3 is 2.75 bits per heavy atom. The molecule has 0 bridgehead atoms. The van der Waals surface area contributed by atoms with E-state index in [2.05, 4.69) is 15.6 Å². The molecule has 0 aromatic carbocycles. The van der Waals surface area contributed by atoms with Gasteiger partial charge in [-0.3, -0.25) is 9.78 Å². The summed E-state index contributed by atoms with van der Waals surface area (Å²) in [6.45, 7) is 2.46. The number of aliphatic carboxylic acids is 1. The Morgan fingerprint density at radius 2 is 2.20 bits per heavy atom. The van der Waals surface area contributed by atoms with E-state index in [9.17, 15) is 9.59 Å². The van der Waals surface area contributed by atoms with Crippen molar-refractivity contribution in [2.75, 3.05) is 19.0 Å². The van der Waals surface area contributed by atoms with Crippen LogP contribution in [0.1, 0.15) is 19.0 Å². The summed E-state index contributed by atoms with van der Waals surface area (Å²) < 4.78 is 4.93. The van der Waals surface area contributed by atoms with Crippen LogP contribution in [0.4, 0.5) is 10.5 Å². The summed E-state index contributed by atoms with van der Waals surface area (Å²) in [5.41, 5.74) is 0.951. The molecule has 0 saturated carbocycles. The van der Waals surface area contributed by atoms with Gasteiger partial charge >= 0.3 is 12.0 Å². The van der Waals surface area contributed by atoms with Crippen LogP contribution in [0.2, 0.25) is 0 Å². The molecule has 7 heteroatoms. The molecular formula is C13H19N3O4. The molecular weight excluding hydrogens is 262 g/mol. The zero-order valence-corrected chi connectivity index (χ0v) is 11.5. The minimum absolute atomic E-state index is 0.00538. The molecule has 0 spiro atoms. The van der Waals surface area contributed by atoms with Gasteiger partial charge in [-0.25, -0.2) is 4.79 Å². The van der Waals surface area contributed by atoms with Gasteiger partial charge in [0.25, 0.3) is 0 Å². The zero-order chi connectivity index (χ0) is 15.0. The summed E-state index contributed by atoms with van der Waals surface area (Å²) >= 11 is 0. The van der Waals surface area contributed by atoms with Crippen LogP contribution in [0.3, 0.4) is 0 Å². The Labute approximate surface area is 117 Å². The lowest BCUT2D eigenvalue weighted by Gasteiger charge is -2.14. The van der Waals surface area contributed by atoms with Crippen LogP contribution in [0.15, 0.2) is 18.3 Å². The number of rotatable bonds is 7. The van der Waals surface area contributed by atoms with E-state index in [0.29, 0.717) is 18.0 Å². The SMILES string of the molecule is COCCC(C)NC(=O)Nc1ccc(CC(=O)O)nc1. The van der Waals surface area contributed by atoms with Gasteiger partial charge in [0.1, 0.15) is 0 Å². The van der Waals surface area contributed by atoms with Crippen LogP contribution >= 0.6 is 0 Å². The first kappa shape index (κ1) is 15.9. The number of carboxylic acid groups (broad SMARTS) is 1. The van der Waals surface area contributed by atoms with Crippen molar-refractivity contribution in [3.63, 3.8) is 0 Å². The lowest BCUT2D eigenvalue weighted by molar-refractivity contribution is -0.136. The van der Waals surface area contributed by atoms with Crippen LogP contribution < -0.4 is 10.6 Å². The van der Waals surface area contributed by atoms with E-state index in [0.717, 1.165) is 6.42 Å². The van der Waals surface area contributed by atoms with Gasteiger partial charge in [-0.2, -0.15) is 0 Å². The Kier molecular flexibility index (Phi) is 6.45. The maximum absolute atomic E-state index is 11.7. The van der Waals surface area contributed by atoms with E-state index >= 15 is 0 Å². The summed E-state index contributed by atoms with van der Waals surface area (Å²) in [4.78, 5) is 26.1. The van der Waals surface area contributed by atoms with Gasteiger partial charge in [0, 0.05) is 19.8 Å². The fraction of sp³-hybridized carbons (Fsp3) is 0.462. The normalized spacial score (nSPS) is 11.7. The van der Waals surface area contributed by atoms with E-state index in [1.165, 1.54) is 6.20 Å². The second-order valence-electron chi connectivity index (χ2n) is 4.39. The van der Waals surface area contributed by atoms with E-state index < -0.39 is 5.97 Å². The number of hydrogen-bond acceptors (Lipinski definition) is 4. The van der Waals surface area contributed by atoms with E-state index in [1.54, 1.807) is 19.2 Å². The first-order valence-electron chi connectivity index (χ1n) is 6.24. The minimum atomic E-state index is -0.942. The number of carboxylic acids is 1. The molecule has 0 saturated heterocycles. The first-order chi connectivity index (χ1) is 9.51. The molecule has 0 radical (unpaired) electrons. The second-order valence-corrected chi connectivity index (χ2v) is 4.39. The fourth-order valence-corrected chi connectivity index (χ4v) is 1.52. The minimum Gasteiger partial charge on any atom is -0.481 e. The topological polar surface area (TPSA) is 101 Å². The Balaban J connectivity index is 2.43. The van der Waals surface area contributed by atoms with Crippen molar-refractivity contribution in [2.45, 2.75) is 25.8 Å². The standard InChI is InChI=1S/C13H19N3O4/c1-9(5-6-20-2)15-13(19)16-11-4-3-10(14-8-11)7-12(17)18/h3-4,8-9H,5-7H2,1-2H3,(H,17,18)(H2,15,16,19). The van der Waals surface area contributed by atoms with Gasteiger partial charge in [0.05, 0.1) is 24.0 Å². The highest BCUT2D eigenvalue weighted by molar-refractivity contribution is 5.89. The average Bonchev–Trinajstić information content (AvgIpc) is 2.38. The number of nitrogens with zero attached hydrogens (tertiary/aromatic N) is 1. The molecule has 7 nitrogen and oxygen atoms in total. The van der Waals surface area contributed by atoms with Crippen LogP contribution in [0, 0.1) is 0 Å². The van der Waals surface area contributed by atoms with E-state index in [1.807, 2.05) is 6.92 Å². The maximum Gasteiger partial charge on any atom is 0.319 e. The van der Waals surface area contributed by atoms with Crippen molar-refractivity contribution in [2.24, 2.45) is 0 Å². The van der Waals surface area contributed by atoms with Crippen LogP contribution in [-0.2, 0) is 16.0 Å². The summed E-state index contributed by atoms with van der Waals surface area (Å²) in [5, 5.41) is 14.0. The van der Waals surface area contributed by atoms with Gasteiger partial charge in [0.15, 0.2) is 0 Å². The third-order valence-corrected chi connectivity index (χ3v) is 2.55. The summed E-state index contributed by atoms with van der Waals surface area (Å²) in [5.74, 6) is -0.942. The highest BCUT2D eigenvalue weighted by atomic mass is 16.5. The highest BCUT2D eigenvalue weighted by Gasteiger charge is 2.08. The molecule has 0 fully saturated rings. The molecule has 0 aliphatic carbocycles. The number of aromatic nitrogens is 1. The zero-order valence-electron chi connectivity index (χ0n) is 11.5. The van der Waals surface area contributed by atoms with Crippen molar-refractivity contribution in [1.29, 1.82) is 0 Å². The number of nitrogens with one attached hydrogen (secondary N) is 2. The summed E-state index contributed by atoms with van der Waals surface area (Å²) in [6, 6.07) is 2.85. The van der Waals surface area contributed by atoms with Gasteiger partial charge in [-0.15, -0.1) is 0 Å². The molecule has 20 heavy (non-hydrogen) atoms. The molecule has 0 aliphatic rings. The molecule has 0 aliphatic heterocycles. The fourth-order valence-electron chi connectivity index (χ4n) is 1.52. The first-order valence-corrected chi connectivity index (χ1v) is 6.24. The average molecular weight is 281 g/mol. The van der Waals surface area contributed by atoms with Crippen LogP contribution in [0.25, 0.3) is 0 Å². The predicted octanol–water partition coefficient (Wildman–Crippen LogP) is 1.26. The molecule has 1 rings (SSSR count). The van der Waals surface area contributed by atoms with Gasteiger partial charge < -0.3 is 20.5 Å². The number of amides is 2. The monoisotopic (exact) mass is 281 g/mol. The van der Waals surface area contributed by atoms with Gasteiger partial charge in [0.2, 0.25) is 0 Å². The summed E-state index contributed by atoms with van der Waals surface area (Å²) in [7, 11) is 1.61. The van der Waals surface area contributed by atoms with Crippen molar-refractivity contribution in [3.05, 3.63) is 24.0 Å². The molecule has 1 unspecified atom stereocenters. The van der Waals surface area contributed by atoms with Crippen molar-refractivity contribution in [1.82, 2.24) is 10.3 Å². The predicted molar refractivity (Wildman–Crippen MR) is 73.7 cm³/mol. The Bertz CT molecular complexity index is 447. The molecule has 1 aromatic rings. The number of urea groups is 1. The number of carbonyl (C=O) groups is 2. The largest absolute Gasteiger partial charge is 0.481 e. The van der Waals surface area contributed by atoms with Crippen LogP contribution in [-0.4, -0.2) is 41.8 Å². The van der Waals surface area contributed by atoms with Crippen molar-refractivity contribution >= 4 is 17.7 Å². The Morgan fingerprint density at radius 1 is 1.45 bits per heavy atom. The quantitative estimate of drug-likeness (QED) is 0.698. The number of ether oxygens (including phenoxy) is 1. The van der Waals surface area contributed by atoms with Gasteiger partial charge in [-0.05, 0) is 25.5 Å². The molecule has 1 heterocycles. The Hall–Kier alpha value is -2.15. The molecule has 110 valence electrons. The number of methoxy groups -OCH3 is 1. The number of hydrogen-bond donors (Lipinski definition) is 3. The van der Waals surface area contributed by atoms with Crippen molar-refractivity contribution < 1.29 is 19.4 Å². The van der Waals surface area contributed by atoms with Crippen molar-refractivity contribution in [3.8, 4) is 0 Å². The smallest absolute Gasteiger partial charge is 0.319 e. The van der Waals surface area contributed by atoms with Crippen LogP contribution in [0.5, 0.6) is 0 Å². The number of anilines is 1.